The number of nitrogens with one attached hydrogen (secondary N) is 1. The van der Waals surface area contributed by atoms with E-state index in [2.05, 4.69) is 5.32 Å². The van der Waals surface area contributed by atoms with Crippen LogP contribution in [0.5, 0.6) is 0 Å². The minimum absolute atomic E-state index is 0.155. The molecule has 6 heteroatoms. The first-order valence-corrected chi connectivity index (χ1v) is 6.25. The van der Waals surface area contributed by atoms with Gasteiger partial charge in [-0.1, -0.05) is 29.3 Å². The highest BCUT2D eigenvalue weighted by atomic mass is 35.5. The quantitative estimate of drug-likeness (QED) is 0.888. The molecule has 1 aromatic carbocycles. The van der Waals surface area contributed by atoms with Crippen molar-refractivity contribution in [3.63, 3.8) is 0 Å². The van der Waals surface area contributed by atoms with E-state index < -0.39 is 5.97 Å². The fourth-order valence-electron chi connectivity index (χ4n) is 1.69. The molecule has 0 aliphatic carbocycles. The molecule has 0 aliphatic heterocycles. The molecule has 2 rings (SSSR count). The monoisotopic (exact) mass is 299 g/mol. The first-order chi connectivity index (χ1) is 8.99. The van der Waals surface area contributed by atoms with E-state index in [9.17, 15) is 4.79 Å². The highest BCUT2D eigenvalue weighted by Gasteiger charge is 2.14. The molecule has 19 heavy (non-hydrogen) atoms. The lowest BCUT2D eigenvalue weighted by Crippen LogP contribution is -2.00. The number of hydrogen-bond acceptors (Lipinski definition) is 3. The zero-order valence-electron chi connectivity index (χ0n) is 10.0. The number of carbonyl (C=O) groups is 1. The van der Waals surface area contributed by atoms with Gasteiger partial charge in [0, 0.05) is 0 Å². The van der Waals surface area contributed by atoms with Gasteiger partial charge in [-0.3, -0.25) is 0 Å². The lowest BCUT2D eigenvalue weighted by molar-refractivity contribution is 0.0695. The Morgan fingerprint density at radius 3 is 2.53 bits per heavy atom. The lowest BCUT2D eigenvalue weighted by Gasteiger charge is -2.08. The van der Waals surface area contributed by atoms with E-state index in [0.29, 0.717) is 33.8 Å². The molecule has 4 nitrogen and oxygen atoms in total. The Bertz CT molecular complexity index is 602. The van der Waals surface area contributed by atoms with Crippen molar-refractivity contribution in [1.29, 1.82) is 0 Å². The van der Waals surface area contributed by atoms with E-state index in [4.69, 9.17) is 32.7 Å². The maximum Gasteiger partial charge on any atom is 0.339 e. The average molecular weight is 300 g/mol. The molecule has 0 atom stereocenters. The Balaban J connectivity index is 2.15. The second-order valence-corrected chi connectivity index (χ2v) is 4.75. The molecule has 0 unspecified atom stereocenters. The van der Waals surface area contributed by atoms with Crippen LogP contribution in [0.25, 0.3) is 0 Å². The van der Waals surface area contributed by atoms with Crippen molar-refractivity contribution in [2.45, 2.75) is 13.5 Å². The lowest BCUT2D eigenvalue weighted by atomic mass is 10.2. The number of benzene rings is 1. The van der Waals surface area contributed by atoms with Crippen molar-refractivity contribution in [2.75, 3.05) is 5.32 Å². The number of carboxylic acid groups (broad SMARTS) is 1. The smallest absolute Gasteiger partial charge is 0.339 e. The maximum atomic E-state index is 10.9. The number of rotatable bonds is 4. The van der Waals surface area contributed by atoms with Crippen LogP contribution in [0.15, 0.2) is 28.7 Å². The summed E-state index contributed by atoms with van der Waals surface area (Å²) in [6, 6.07) is 6.66. The Labute approximate surface area is 119 Å². The van der Waals surface area contributed by atoms with Gasteiger partial charge in [0.25, 0.3) is 0 Å². The van der Waals surface area contributed by atoms with Gasteiger partial charge < -0.3 is 14.8 Å². The van der Waals surface area contributed by atoms with Gasteiger partial charge in [0.15, 0.2) is 0 Å². The Kier molecular flexibility index (Phi) is 4.02. The van der Waals surface area contributed by atoms with Crippen molar-refractivity contribution < 1.29 is 14.3 Å². The van der Waals surface area contributed by atoms with Gasteiger partial charge in [0.2, 0.25) is 0 Å². The molecule has 0 radical (unpaired) electrons. The minimum atomic E-state index is -1.01. The van der Waals surface area contributed by atoms with Crippen LogP contribution in [-0.2, 0) is 6.54 Å². The largest absolute Gasteiger partial charge is 0.478 e. The Morgan fingerprint density at radius 2 is 2.00 bits per heavy atom. The topological polar surface area (TPSA) is 62.5 Å². The molecule has 0 fully saturated rings. The summed E-state index contributed by atoms with van der Waals surface area (Å²) in [6.07, 6.45) is 0. The molecule has 0 saturated heterocycles. The van der Waals surface area contributed by atoms with E-state index in [1.165, 1.54) is 6.07 Å². The number of furan rings is 1. The summed E-state index contributed by atoms with van der Waals surface area (Å²) >= 11 is 12.0. The molecule has 0 bridgehead atoms. The zero-order valence-corrected chi connectivity index (χ0v) is 11.5. The van der Waals surface area contributed by atoms with E-state index in [1.807, 2.05) is 0 Å². The number of halogens is 2. The highest BCUT2D eigenvalue weighted by Crippen LogP contribution is 2.30. The van der Waals surface area contributed by atoms with E-state index in [0.717, 1.165) is 0 Å². The van der Waals surface area contributed by atoms with Gasteiger partial charge in [-0.2, -0.15) is 0 Å². The average Bonchev–Trinajstić information content (AvgIpc) is 2.70. The van der Waals surface area contributed by atoms with Crippen molar-refractivity contribution in [2.24, 2.45) is 0 Å². The maximum absolute atomic E-state index is 10.9. The van der Waals surface area contributed by atoms with Crippen LogP contribution in [0.4, 0.5) is 5.69 Å². The third-order valence-corrected chi connectivity index (χ3v) is 3.23. The van der Waals surface area contributed by atoms with Gasteiger partial charge in [0.1, 0.15) is 17.1 Å². The van der Waals surface area contributed by atoms with Gasteiger partial charge >= 0.3 is 5.97 Å². The van der Waals surface area contributed by atoms with Crippen molar-refractivity contribution in [3.8, 4) is 0 Å². The number of carboxylic acids is 1. The molecule has 0 spiro atoms. The van der Waals surface area contributed by atoms with Crippen molar-refractivity contribution in [1.82, 2.24) is 0 Å². The molecule has 1 aromatic heterocycles. The summed E-state index contributed by atoms with van der Waals surface area (Å²) in [5, 5.41) is 12.9. The van der Waals surface area contributed by atoms with Gasteiger partial charge in [0.05, 0.1) is 22.3 Å². The zero-order chi connectivity index (χ0) is 14.0. The third kappa shape index (κ3) is 3.03. The van der Waals surface area contributed by atoms with Crippen LogP contribution in [0.2, 0.25) is 10.0 Å². The molecule has 0 aliphatic rings. The summed E-state index contributed by atoms with van der Waals surface area (Å²) in [4.78, 5) is 10.9. The van der Waals surface area contributed by atoms with Crippen LogP contribution < -0.4 is 5.32 Å². The number of aromatic carboxylic acids is 1. The molecular weight excluding hydrogens is 289 g/mol. The Hall–Kier alpha value is -1.65. The predicted octanol–water partition coefficient (Wildman–Crippen LogP) is 4.21. The fourth-order valence-corrected chi connectivity index (χ4v) is 2.22. The first kappa shape index (κ1) is 13.8. The van der Waals surface area contributed by atoms with Gasteiger partial charge in [-0.05, 0) is 25.1 Å². The molecule has 0 amide bonds. The highest BCUT2D eigenvalue weighted by molar-refractivity contribution is 6.39. The standard InChI is InChI=1S/C13H11Cl2NO3/c1-7-9(13(17)18)5-8(19-7)6-16-12-10(14)3-2-4-11(12)15/h2-5,16H,6H2,1H3,(H,17,18). The molecular formula is C13H11Cl2NO3. The number of para-hydroxylation sites is 1. The minimum Gasteiger partial charge on any atom is -0.478 e. The van der Waals surface area contributed by atoms with Crippen molar-refractivity contribution >= 4 is 34.9 Å². The van der Waals surface area contributed by atoms with Crippen LogP contribution >= 0.6 is 23.2 Å². The molecule has 2 N–H and O–H groups in total. The first-order valence-electron chi connectivity index (χ1n) is 5.49. The molecule has 2 aromatic rings. The molecule has 0 saturated carbocycles. The second-order valence-electron chi connectivity index (χ2n) is 3.94. The van der Waals surface area contributed by atoms with E-state index in [1.54, 1.807) is 25.1 Å². The third-order valence-electron chi connectivity index (χ3n) is 2.60. The van der Waals surface area contributed by atoms with Gasteiger partial charge in [-0.25, -0.2) is 4.79 Å². The number of aryl methyl sites for hydroxylation is 1. The van der Waals surface area contributed by atoms with E-state index >= 15 is 0 Å². The summed E-state index contributed by atoms with van der Waals surface area (Å²) in [7, 11) is 0. The van der Waals surface area contributed by atoms with Gasteiger partial charge in [-0.15, -0.1) is 0 Å². The molecule has 1 heterocycles. The number of anilines is 1. The SMILES string of the molecule is Cc1oc(CNc2c(Cl)cccc2Cl)cc1C(=O)O. The predicted molar refractivity (Wildman–Crippen MR) is 74.2 cm³/mol. The second kappa shape index (κ2) is 5.55. The van der Waals surface area contributed by atoms with Crippen LogP contribution in [0, 0.1) is 6.92 Å². The Morgan fingerprint density at radius 1 is 1.37 bits per heavy atom. The van der Waals surface area contributed by atoms with Crippen molar-refractivity contribution in [3.05, 3.63) is 51.4 Å². The summed E-state index contributed by atoms with van der Waals surface area (Å²) in [6.45, 7) is 1.91. The van der Waals surface area contributed by atoms with Crippen LogP contribution in [0.1, 0.15) is 21.9 Å². The summed E-state index contributed by atoms with van der Waals surface area (Å²) in [5.41, 5.74) is 0.749. The normalized spacial score (nSPS) is 10.5. The van der Waals surface area contributed by atoms with Crippen LogP contribution in [-0.4, -0.2) is 11.1 Å². The summed E-state index contributed by atoms with van der Waals surface area (Å²) < 4.78 is 5.35. The van der Waals surface area contributed by atoms with E-state index in [-0.39, 0.29) is 5.56 Å². The summed E-state index contributed by atoms with van der Waals surface area (Å²) in [5.74, 6) is -0.135. The molecule has 100 valence electrons. The van der Waals surface area contributed by atoms with Crippen LogP contribution in [0.3, 0.4) is 0 Å². The number of hydrogen-bond donors (Lipinski definition) is 2. The fraction of sp³-hybridized carbons (Fsp3) is 0.154.